The third kappa shape index (κ3) is 3.35. The van der Waals surface area contributed by atoms with E-state index in [-0.39, 0.29) is 11.7 Å². The number of hydrogen-bond acceptors (Lipinski definition) is 4. The van der Waals surface area contributed by atoms with Crippen molar-refractivity contribution in [2.24, 2.45) is 0 Å². The zero-order valence-corrected chi connectivity index (χ0v) is 14.2. The van der Waals surface area contributed by atoms with Crippen LogP contribution in [0, 0.1) is 19.7 Å². The zero-order valence-electron chi connectivity index (χ0n) is 13.4. The molecular formula is C17H17FN4OS. The van der Waals surface area contributed by atoms with Crippen LogP contribution in [-0.4, -0.2) is 27.2 Å². The van der Waals surface area contributed by atoms with Crippen LogP contribution in [0.3, 0.4) is 0 Å². The monoisotopic (exact) mass is 344 g/mol. The molecule has 0 radical (unpaired) electrons. The number of amides is 1. The van der Waals surface area contributed by atoms with Crippen LogP contribution in [0.1, 0.15) is 26.8 Å². The molecule has 0 saturated carbocycles. The number of aromatic nitrogens is 3. The smallest absolute Gasteiger partial charge is 0.254 e. The average Bonchev–Trinajstić information content (AvgIpc) is 3.14. The predicted molar refractivity (Wildman–Crippen MR) is 91.1 cm³/mol. The lowest BCUT2D eigenvalue weighted by Crippen LogP contribution is -2.26. The quantitative estimate of drug-likeness (QED) is 0.774. The molecule has 0 bridgehead atoms. The van der Waals surface area contributed by atoms with Gasteiger partial charge in [-0.3, -0.25) is 4.79 Å². The summed E-state index contributed by atoms with van der Waals surface area (Å²) in [7, 11) is 0. The second-order valence-corrected chi connectivity index (χ2v) is 6.43. The van der Waals surface area contributed by atoms with Gasteiger partial charge in [-0.15, -0.1) is 11.3 Å². The number of carbonyl (C=O) groups excluding carboxylic acids is 1. The third-order valence-electron chi connectivity index (χ3n) is 3.67. The summed E-state index contributed by atoms with van der Waals surface area (Å²) in [6.07, 6.45) is 2.14. The lowest BCUT2D eigenvalue weighted by atomic mass is 10.2. The van der Waals surface area contributed by atoms with Crippen LogP contribution in [-0.2, 0) is 6.42 Å². The van der Waals surface area contributed by atoms with Gasteiger partial charge in [0.15, 0.2) is 0 Å². The normalized spacial score (nSPS) is 10.8. The lowest BCUT2D eigenvalue weighted by Gasteiger charge is -2.07. The molecule has 0 atom stereocenters. The Bertz CT molecular complexity index is 871. The second kappa shape index (κ2) is 6.92. The molecule has 0 spiro atoms. The summed E-state index contributed by atoms with van der Waals surface area (Å²) in [5.74, 6) is -0.600. The van der Waals surface area contributed by atoms with Gasteiger partial charge in [-0.25, -0.2) is 14.1 Å². The maximum absolute atomic E-state index is 13.9. The fourth-order valence-electron chi connectivity index (χ4n) is 2.42. The first-order valence-corrected chi connectivity index (χ1v) is 8.43. The predicted octanol–water partition coefficient (Wildman–Crippen LogP) is 3.06. The number of benzene rings is 1. The molecule has 1 N–H and O–H groups in total. The first kappa shape index (κ1) is 16.3. The summed E-state index contributed by atoms with van der Waals surface area (Å²) in [4.78, 5) is 16.7. The number of para-hydroxylation sites is 1. The van der Waals surface area contributed by atoms with E-state index in [1.54, 1.807) is 36.5 Å². The van der Waals surface area contributed by atoms with Crippen molar-refractivity contribution in [1.29, 1.82) is 0 Å². The topological polar surface area (TPSA) is 59.8 Å². The van der Waals surface area contributed by atoms with Gasteiger partial charge in [0.25, 0.3) is 5.91 Å². The van der Waals surface area contributed by atoms with Crippen molar-refractivity contribution in [1.82, 2.24) is 20.1 Å². The summed E-state index contributed by atoms with van der Waals surface area (Å²) in [6.45, 7) is 4.19. The molecular weight excluding hydrogens is 327 g/mol. The van der Waals surface area contributed by atoms with Crippen molar-refractivity contribution in [3.8, 4) is 5.69 Å². The molecule has 7 heteroatoms. The number of nitrogens with zero attached hydrogens (tertiary/aromatic N) is 3. The fraction of sp³-hybridized carbons (Fsp3) is 0.235. The number of halogens is 1. The summed E-state index contributed by atoms with van der Waals surface area (Å²) < 4.78 is 15.3. The van der Waals surface area contributed by atoms with Gasteiger partial charge >= 0.3 is 0 Å². The molecule has 0 aliphatic carbocycles. The van der Waals surface area contributed by atoms with E-state index in [0.29, 0.717) is 29.9 Å². The van der Waals surface area contributed by atoms with Crippen LogP contribution in [0.2, 0.25) is 0 Å². The third-order valence-corrected chi connectivity index (χ3v) is 4.49. The standard InChI is InChI=1S/C17H17FN4OS/c1-11-14(9-20-22(11)16-6-4-3-5-15(16)18)17(23)19-8-7-13-10-24-12(2)21-13/h3-6,9-10H,7-8H2,1-2H3,(H,19,23). The molecule has 0 fully saturated rings. The Balaban J connectivity index is 1.69. The van der Waals surface area contributed by atoms with Crippen molar-refractivity contribution in [2.75, 3.05) is 6.54 Å². The van der Waals surface area contributed by atoms with Gasteiger partial charge < -0.3 is 5.32 Å². The highest BCUT2D eigenvalue weighted by molar-refractivity contribution is 7.09. The van der Waals surface area contributed by atoms with E-state index < -0.39 is 0 Å². The van der Waals surface area contributed by atoms with Gasteiger partial charge in [-0.1, -0.05) is 12.1 Å². The summed E-state index contributed by atoms with van der Waals surface area (Å²) in [5, 5.41) is 10.00. The average molecular weight is 344 g/mol. The Kier molecular flexibility index (Phi) is 4.71. The maximum atomic E-state index is 13.9. The second-order valence-electron chi connectivity index (χ2n) is 5.37. The Morgan fingerprint density at radius 3 is 2.83 bits per heavy atom. The molecule has 0 saturated heterocycles. The van der Waals surface area contributed by atoms with Gasteiger partial charge in [0.1, 0.15) is 11.5 Å². The van der Waals surface area contributed by atoms with E-state index >= 15 is 0 Å². The Morgan fingerprint density at radius 1 is 1.33 bits per heavy atom. The van der Waals surface area contributed by atoms with Gasteiger partial charge in [-0.05, 0) is 26.0 Å². The first-order chi connectivity index (χ1) is 11.6. The van der Waals surface area contributed by atoms with Gasteiger partial charge in [0.05, 0.1) is 28.2 Å². The highest BCUT2D eigenvalue weighted by Crippen LogP contribution is 2.17. The number of nitrogens with one attached hydrogen (secondary N) is 1. The minimum Gasteiger partial charge on any atom is -0.352 e. The van der Waals surface area contributed by atoms with E-state index in [1.165, 1.54) is 16.9 Å². The van der Waals surface area contributed by atoms with Gasteiger partial charge in [0.2, 0.25) is 0 Å². The van der Waals surface area contributed by atoms with Crippen LogP contribution in [0.15, 0.2) is 35.8 Å². The minimum atomic E-state index is -0.380. The number of thiazole rings is 1. The summed E-state index contributed by atoms with van der Waals surface area (Å²) >= 11 is 1.59. The molecule has 0 aliphatic rings. The summed E-state index contributed by atoms with van der Waals surface area (Å²) in [5.41, 5.74) is 2.33. The van der Waals surface area contributed by atoms with Crippen LogP contribution in [0.5, 0.6) is 0 Å². The molecule has 3 rings (SSSR count). The van der Waals surface area contributed by atoms with Crippen molar-refractivity contribution < 1.29 is 9.18 Å². The highest BCUT2D eigenvalue weighted by Gasteiger charge is 2.16. The number of hydrogen-bond donors (Lipinski definition) is 1. The summed E-state index contributed by atoms with van der Waals surface area (Å²) in [6, 6.07) is 6.34. The van der Waals surface area contributed by atoms with Crippen molar-refractivity contribution in [3.63, 3.8) is 0 Å². The maximum Gasteiger partial charge on any atom is 0.254 e. The zero-order chi connectivity index (χ0) is 17.1. The van der Waals surface area contributed by atoms with E-state index in [9.17, 15) is 9.18 Å². The van der Waals surface area contributed by atoms with Crippen LogP contribution in [0.25, 0.3) is 5.69 Å². The van der Waals surface area contributed by atoms with Crippen LogP contribution in [0.4, 0.5) is 4.39 Å². The van der Waals surface area contributed by atoms with E-state index in [4.69, 9.17) is 0 Å². The molecule has 2 aromatic heterocycles. The minimum absolute atomic E-state index is 0.220. The molecule has 5 nitrogen and oxygen atoms in total. The molecule has 124 valence electrons. The van der Waals surface area contributed by atoms with E-state index in [0.717, 1.165) is 10.7 Å². The SMILES string of the molecule is Cc1nc(CCNC(=O)c2cnn(-c3ccccc3F)c2C)cs1. The number of aryl methyl sites for hydroxylation is 1. The Morgan fingerprint density at radius 2 is 2.12 bits per heavy atom. The van der Waals surface area contributed by atoms with Crippen molar-refractivity contribution in [2.45, 2.75) is 20.3 Å². The molecule has 3 aromatic rings. The Hall–Kier alpha value is -2.54. The molecule has 1 amide bonds. The lowest BCUT2D eigenvalue weighted by molar-refractivity contribution is 0.0953. The van der Waals surface area contributed by atoms with Crippen LogP contribution < -0.4 is 5.32 Å². The van der Waals surface area contributed by atoms with Crippen LogP contribution >= 0.6 is 11.3 Å². The molecule has 2 heterocycles. The van der Waals surface area contributed by atoms with E-state index in [2.05, 4.69) is 15.4 Å². The highest BCUT2D eigenvalue weighted by atomic mass is 32.1. The number of carbonyl (C=O) groups is 1. The van der Waals surface area contributed by atoms with Crippen molar-refractivity contribution in [3.05, 3.63) is 63.6 Å². The van der Waals surface area contributed by atoms with E-state index in [1.807, 2.05) is 12.3 Å². The molecule has 1 aromatic carbocycles. The molecule has 24 heavy (non-hydrogen) atoms. The largest absolute Gasteiger partial charge is 0.352 e. The first-order valence-electron chi connectivity index (χ1n) is 7.55. The Labute approximate surface area is 143 Å². The molecule has 0 aliphatic heterocycles. The van der Waals surface area contributed by atoms with Crippen molar-refractivity contribution >= 4 is 17.2 Å². The fourth-order valence-corrected chi connectivity index (χ4v) is 3.07. The number of rotatable bonds is 5. The van der Waals surface area contributed by atoms with Gasteiger partial charge in [-0.2, -0.15) is 5.10 Å². The molecule has 0 unspecified atom stereocenters. The van der Waals surface area contributed by atoms with Gasteiger partial charge in [0, 0.05) is 18.3 Å².